The molecule has 144 valence electrons. The second kappa shape index (κ2) is 8.12. The van der Waals surface area contributed by atoms with E-state index in [1.54, 1.807) is 0 Å². The van der Waals surface area contributed by atoms with E-state index in [-0.39, 0.29) is 18.6 Å². The fourth-order valence-corrected chi connectivity index (χ4v) is 5.29. The standard InChI is InChI=1S/C18H24INO5S/c1-26(23,24)25-10-2-9-20-14-7-8-16(20)17(18(21)22)15(11-14)12-3-5-13(19)6-4-12/h3-6,14-17H,2,7-11H2,1H3,(H,21,22). The molecule has 0 amide bonds. The maximum atomic E-state index is 12.1. The van der Waals surface area contributed by atoms with Crippen LogP contribution >= 0.6 is 22.6 Å². The molecule has 2 saturated heterocycles. The van der Waals surface area contributed by atoms with Gasteiger partial charge in [-0.05, 0) is 66.0 Å². The molecule has 26 heavy (non-hydrogen) atoms. The fraction of sp³-hybridized carbons (Fsp3) is 0.611. The van der Waals surface area contributed by atoms with Gasteiger partial charge in [0.15, 0.2) is 0 Å². The van der Waals surface area contributed by atoms with Crippen LogP contribution in [0.5, 0.6) is 0 Å². The van der Waals surface area contributed by atoms with Crippen LogP contribution in [0.25, 0.3) is 0 Å². The molecule has 1 aromatic carbocycles. The van der Waals surface area contributed by atoms with E-state index < -0.39 is 22.0 Å². The van der Waals surface area contributed by atoms with Gasteiger partial charge < -0.3 is 5.11 Å². The van der Waals surface area contributed by atoms with Crippen LogP contribution in [0.2, 0.25) is 0 Å². The number of rotatable bonds is 7. The number of carboxylic acids is 1. The Morgan fingerprint density at radius 2 is 2.00 bits per heavy atom. The molecule has 2 aliphatic rings. The molecule has 2 fully saturated rings. The van der Waals surface area contributed by atoms with E-state index in [1.165, 1.54) is 0 Å². The zero-order valence-corrected chi connectivity index (χ0v) is 17.6. The van der Waals surface area contributed by atoms with Gasteiger partial charge in [-0.15, -0.1) is 0 Å². The number of hydrogen-bond donors (Lipinski definition) is 1. The van der Waals surface area contributed by atoms with Gasteiger partial charge in [0.05, 0.1) is 18.8 Å². The first kappa shape index (κ1) is 20.0. The van der Waals surface area contributed by atoms with Gasteiger partial charge in [-0.1, -0.05) is 12.1 Å². The first-order chi connectivity index (χ1) is 12.3. The first-order valence-electron chi connectivity index (χ1n) is 8.84. The average Bonchev–Trinajstić information content (AvgIpc) is 2.82. The van der Waals surface area contributed by atoms with E-state index >= 15 is 0 Å². The lowest BCUT2D eigenvalue weighted by atomic mass is 9.76. The third-order valence-corrected chi connectivity index (χ3v) is 6.82. The number of piperidine rings is 1. The van der Waals surface area contributed by atoms with E-state index in [2.05, 4.69) is 39.6 Å². The van der Waals surface area contributed by atoms with Crippen LogP contribution < -0.4 is 0 Å². The van der Waals surface area contributed by atoms with Crippen molar-refractivity contribution in [3.05, 3.63) is 33.4 Å². The average molecular weight is 493 g/mol. The molecule has 2 bridgehead atoms. The zero-order valence-electron chi connectivity index (χ0n) is 14.7. The highest BCUT2D eigenvalue weighted by Crippen LogP contribution is 2.47. The molecule has 1 N–H and O–H groups in total. The SMILES string of the molecule is CS(=O)(=O)OCCCN1C2CCC1C(C(=O)O)C(c1ccc(I)cc1)C2. The van der Waals surface area contributed by atoms with Crippen LogP contribution in [0, 0.1) is 9.49 Å². The van der Waals surface area contributed by atoms with Crippen LogP contribution in [0.1, 0.15) is 37.2 Å². The molecule has 0 aromatic heterocycles. The normalized spacial score (nSPS) is 29.0. The zero-order chi connectivity index (χ0) is 18.9. The Labute approximate surface area is 168 Å². The highest BCUT2D eigenvalue weighted by atomic mass is 127. The van der Waals surface area contributed by atoms with Crippen LogP contribution in [-0.4, -0.2) is 55.9 Å². The lowest BCUT2D eigenvalue weighted by molar-refractivity contribution is -0.147. The number of carbonyl (C=O) groups is 1. The first-order valence-corrected chi connectivity index (χ1v) is 11.7. The summed E-state index contributed by atoms with van der Waals surface area (Å²) in [7, 11) is -3.42. The molecule has 8 heteroatoms. The van der Waals surface area contributed by atoms with Gasteiger partial charge in [0.2, 0.25) is 0 Å². The monoisotopic (exact) mass is 493 g/mol. The number of benzene rings is 1. The van der Waals surface area contributed by atoms with Crippen molar-refractivity contribution < 1.29 is 22.5 Å². The van der Waals surface area contributed by atoms with E-state index in [0.717, 1.165) is 34.7 Å². The largest absolute Gasteiger partial charge is 0.481 e. The van der Waals surface area contributed by atoms with Gasteiger partial charge in [-0.3, -0.25) is 13.9 Å². The van der Waals surface area contributed by atoms with Crippen LogP contribution in [0.15, 0.2) is 24.3 Å². The Bertz CT molecular complexity index is 751. The summed E-state index contributed by atoms with van der Waals surface area (Å²) in [6, 6.07) is 8.54. The molecule has 0 saturated carbocycles. The number of halogens is 1. The summed E-state index contributed by atoms with van der Waals surface area (Å²) in [6.45, 7) is 0.821. The van der Waals surface area contributed by atoms with Crippen molar-refractivity contribution in [2.24, 2.45) is 5.92 Å². The van der Waals surface area contributed by atoms with Gasteiger partial charge >= 0.3 is 5.97 Å². The second-order valence-corrected chi connectivity index (χ2v) is 10.1. The molecule has 0 aliphatic carbocycles. The van der Waals surface area contributed by atoms with E-state index in [9.17, 15) is 18.3 Å². The van der Waals surface area contributed by atoms with Gasteiger partial charge in [-0.2, -0.15) is 8.42 Å². The topological polar surface area (TPSA) is 83.9 Å². The second-order valence-electron chi connectivity index (χ2n) is 7.17. The van der Waals surface area contributed by atoms with Crippen molar-refractivity contribution in [2.45, 2.75) is 43.7 Å². The third kappa shape index (κ3) is 4.58. The van der Waals surface area contributed by atoms with Gasteiger partial charge in [0.25, 0.3) is 10.1 Å². The maximum Gasteiger partial charge on any atom is 0.308 e. The predicted molar refractivity (Wildman–Crippen MR) is 107 cm³/mol. The molecule has 1 aromatic rings. The minimum Gasteiger partial charge on any atom is -0.481 e. The van der Waals surface area contributed by atoms with Gasteiger partial charge in [0.1, 0.15) is 0 Å². The third-order valence-electron chi connectivity index (χ3n) is 5.51. The number of fused-ring (bicyclic) bond motifs is 2. The van der Waals surface area contributed by atoms with Crippen molar-refractivity contribution in [1.29, 1.82) is 0 Å². The van der Waals surface area contributed by atoms with Crippen LogP contribution in [-0.2, 0) is 19.1 Å². The van der Waals surface area contributed by atoms with E-state index in [0.29, 0.717) is 19.0 Å². The molecule has 0 spiro atoms. The Morgan fingerprint density at radius 1 is 1.31 bits per heavy atom. The number of hydrogen-bond acceptors (Lipinski definition) is 5. The summed E-state index contributed by atoms with van der Waals surface area (Å²) >= 11 is 2.25. The predicted octanol–water partition coefficient (Wildman–Crippen LogP) is 2.68. The summed E-state index contributed by atoms with van der Waals surface area (Å²) in [5.74, 6) is -1.13. The van der Waals surface area contributed by atoms with Crippen LogP contribution in [0.3, 0.4) is 0 Å². The summed E-state index contributed by atoms with van der Waals surface area (Å²) in [5.41, 5.74) is 1.11. The van der Waals surface area contributed by atoms with Crippen molar-refractivity contribution in [1.82, 2.24) is 4.90 Å². The fourth-order valence-electron chi connectivity index (χ4n) is 4.51. The van der Waals surface area contributed by atoms with Crippen molar-refractivity contribution in [3.63, 3.8) is 0 Å². The minimum absolute atomic E-state index is 0.00811. The molecule has 3 rings (SSSR count). The maximum absolute atomic E-state index is 12.1. The van der Waals surface area contributed by atoms with E-state index in [1.807, 2.05) is 12.1 Å². The quantitative estimate of drug-likeness (QED) is 0.357. The Kier molecular flexibility index (Phi) is 6.25. The van der Waals surface area contributed by atoms with Crippen LogP contribution in [0.4, 0.5) is 0 Å². The molecular formula is C18H24INO5S. The number of nitrogens with zero attached hydrogens (tertiary/aromatic N) is 1. The molecule has 4 atom stereocenters. The molecule has 2 heterocycles. The van der Waals surface area contributed by atoms with Crippen molar-refractivity contribution >= 4 is 38.7 Å². The Balaban J connectivity index is 1.71. The molecule has 2 aliphatic heterocycles. The van der Waals surface area contributed by atoms with E-state index in [4.69, 9.17) is 4.18 Å². The van der Waals surface area contributed by atoms with Gasteiger partial charge in [-0.25, -0.2) is 0 Å². The van der Waals surface area contributed by atoms with Crippen molar-refractivity contribution in [2.75, 3.05) is 19.4 Å². The Morgan fingerprint density at radius 3 is 2.62 bits per heavy atom. The smallest absolute Gasteiger partial charge is 0.308 e. The summed E-state index contributed by atoms with van der Waals surface area (Å²) in [6.07, 6.45) is 4.35. The van der Waals surface area contributed by atoms with Gasteiger partial charge in [0, 0.05) is 28.1 Å². The lowest BCUT2D eigenvalue weighted by Gasteiger charge is -2.43. The summed E-state index contributed by atoms with van der Waals surface area (Å²) in [5, 5.41) is 9.91. The number of aliphatic carboxylic acids is 1. The Hall–Kier alpha value is -0.710. The molecule has 6 nitrogen and oxygen atoms in total. The lowest BCUT2D eigenvalue weighted by Crippen LogP contribution is -2.51. The highest BCUT2D eigenvalue weighted by molar-refractivity contribution is 14.1. The molecule has 4 unspecified atom stereocenters. The summed E-state index contributed by atoms with van der Waals surface area (Å²) in [4.78, 5) is 14.3. The van der Waals surface area contributed by atoms with Crippen molar-refractivity contribution in [3.8, 4) is 0 Å². The molecule has 0 radical (unpaired) electrons. The minimum atomic E-state index is -3.42. The molecular weight excluding hydrogens is 469 g/mol. The number of carboxylic acid groups (broad SMARTS) is 1. The highest BCUT2D eigenvalue weighted by Gasteiger charge is 2.50. The summed E-state index contributed by atoms with van der Waals surface area (Å²) < 4.78 is 28.1.